The Labute approximate surface area is 828 Å². The number of carbonyl (C=O) groups is 6. The van der Waals surface area contributed by atoms with Crippen LogP contribution in [0.1, 0.15) is 261 Å². The Kier molecular flexibility index (Phi) is 33.0. The Hall–Kier alpha value is -8.54. The Morgan fingerprint density at radius 1 is 0.363 bits per heavy atom. The van der Waals surface area contributed by atoms with Crippen molar-refractivity contribution in [3.63, 3.8) is 0 Å². The molecule has 727 valence electrons. The molecule has 6 amide bonds. The van der Waals surface area contributed by atoms with Crippen molar-refractivity contribution in [2.75, 3.05) is 19.6 Å². The molecule has 3 N–H and O–H groups in total. The molecule has 3 aromatic carbocycles. The smallest absolute Gasteiger partial charge is 0.408 e. The van der Waals surface area contributed by atoms with Crippen molar-refractivity contribution in [2.45, 2.75) is 354 Å². The maximum Gasteiger partial charge on any atom is 0.408 e. The van der Waals surface area contributed by atoms with E-state index in [-0.39, 0.29) is 147 Å². The minimum absolute atomic E-state index is 0. The Morgan fingerprint density at radius 3 is 1.11 bits per heavy atom. The van der Waals surface area contributed by atoms with Gasteiger partial charge < -0.3 is 87.7 Å². The molecule has 2 unspecified atom stereocenters. The number of carbonyl (C=O) groups excluding carboxylic acids is 9. The van der Waals surface area contributed by atoms with Crippen LogP contribution < -0.4 is 44.4 Å². The number of fused-ring (bicyclic) bond motifs is 17. The zero-order valence-corrected chi connectivity index (χ0v) is 84.3. The Morgan fingerprint density at radius 2 is 0.719 bits per heavy atom. The quantitative estimate of drug-likeness (QED) is 0.0847. The molecule has 13 aliphatic rings. The normalized spacial score (nSPS) is 30.8. The van der Waals surface area contributed by atoms with Crippen molar-refractivity contribution < 1.29 is 141 Å². The van der Waals surface area contributed by atoms with Crippen LogP contribution in [0.25, 0.3) is 33.1 Å². The number of hydrogen-bond acceptors (Lipinski definition) is 24. The van der Waals surface area contributed by atoms with E-state index in [0.29, 0.717) is 89.5 Å². The van der Waals surface area contributed by atoms with Gasteiger partial charge >= 0.3 is 18.3 Å². The SMILES string of the molecule is CC[C@@H]1[C@@H]2CN(C(=O)[C@H](C(C)(C)C)NC(=O)O[C@@H]3CC4CC4[C@H]3CCCCCc3nc4ccc(OC5CC5)cc4nc3O2)[C@@H]1[C-]=O.C[C@@H]1[C@@H]2CN(C(=O)[C@H](C(C)(C)C)NC(=O)O[C@@H]3CCC[C@H]3CCCCCc3nc4ccc(OC5CC5)cc4nc3O2)[C@@H]1[C-]=O.C[C@@H]1[C@@H]2CN(C(=O)[C@H](C(C)(C)C)NC(=O)O[C@@H]3C[C@H]3CCCCCc3nc4ccc(OC5CC5)cc4nc3O2)[C@@H]1[C-]=O.[V].[V].[V]. The third-order valence-corrected chi connectivity index (χ3v) is 29.5. The zero-order chi connectivity index (χ0) is 92.8. The summed E-state index contributed by atoms with van der Waals surface area (Å²) in [5.74, 6) is 3.85. The van der Waals surface area contributed by atoms with E-state index < -0.39 is 89.1 Å². The first kappa shape index (κ1) is 102. The summed E-state index contributed by atoms with van der Waals surface area (Å²) in [5.41, 5.74) is 4.88. The predicted octanol–water partition coefficient (Wildman–Crippen LogP) is 15.4. The summed E-state index contributed by atoms with van der Waals surface area (Å²) in [4.78, 5) is 153. The average Bonchev–Trinajstić information content (AvgIpc) is 1.60. The Bertz CT molecular complexity index is 5260. The van der Waals surface area contributed by atoms with Crippen LogP contribution in [0.2, 0.25) is 0 Å². The first-order valence-corrected chi connectivity index (χ1v) is 49.2. The van der Waals surface area contributed by atoms with Crippen LogP contribution in [-0.4, -0.2) is 210 Å². The summed E-state index contributed by atoms with van der Waals surface area (Å²) in [7, 11) is 0. The molecule has 0 spiro atoms. The molecule has 6 bridgehead atoms. The fraction of sp³-hybridized carbons (Fsp3) is 0.676. The summed E-state index contributed by atoms with van der Waals surface area (Å²) < 4.78 is 55.4. The molecule has 6 aliphatic heterocycles. The summed E-state index contributed by atoms with van der Waals surface area (Å²) in [6.07, 6.45) is 30.3. The topological polar surface area (TPSA) is 360 Å². The summed E-state index contributed by atoms with van der Waals surface area (Å²) in [6.45, 7) is 23.3. The standard InChI is InChI=1S/C36H47N4O6.C34H45N4O6.C32H41N4O6.3V/c1-5-23-29(19-41)40-18-31(23)45-33-27(37-26-14-13-22(17-28(26)38-33)44-21-11-12-21)10-8-6-7-9-24-25-15-20(25)16-30(24)46-35(43)39-32(34(40)42)36(2,3)4;1-20-27(19-39)38-18-29(20)43-31-25(35-24-16-15-23(17-26(24)36-31)42-22-13-14-22)11-7-5-6-9-21-10-8-12-28(21)44-33(41)37-30(32(38)40)34(2,3)4;1-18-25(17-37)36-16-27(18)41-29-23(33-22-13-12-21(15-24(22)34-29)40-20-10-11-20)9-7-5-6-8-19-14-26(19)42-31(39)35-28(30(36)38)32(2,3)4;;;/h13-14,17,20-21,23-25,29-32H,5-12,15-16,18H2,1-4H3,(H,39,43);15-17,20-22,27-30H,5-14,18H2,1-4H3,(H,37,41);12-13,15,18-20,25-28H,5-11,14,16H2,1-4H3,(H,35,39);;;/q3*-1;;;/t20?,23-,24+,25?,29+,30+,31-,32+;20-,21+,27+,28+,29-,30+;18-,19+,25+,26+,27-,28+;;;/m000.../s1. The van der Waals surface area contributed by atoms with Gasteiger partial charge in [0.15, 0.2) is 0 Å². The van der Waals surface area contributed by atoms with E-state index in [1.807, 2.05) is 138 Å². The second-order valence-electron chi connectivity index (χ2n) is 43.0. The van der Waals surface area contributed by atoms with Crippen LogP contribution >= 0.6 is 0 Å². The number of aryl methyl sites for hydroxylation is 3. The fourth-order valence-corrected chi connectivity index (χ4v) is 21.0. The molecule has 3 radical (unpaired) electrons. The fourth-order valence-electron chi connectivity index (χ4n) is 21.0. The Balaban J connectivity index is 0.000000161. The molecule has 135 heavy (non-hydrogen) atoms. The maximum atomic E-state index is 14.2. The van der Waals surface area contributed by atoms with E-state index >= 15 is 0 Å². The largest absolute Gasteiger partial charge is 0.540 e. The van der Waals surface area contributed by atoms with E-state index in [2.05, 4.69) is 34.8 Å². The van der Waals surface area contributed by atoms with Gasteiger partial charge in [0.05, 0.1) is 71.0 Å². The van der Waals surface area contributed by atoms with E-state index in [1.54, 1.807) is 0 Å². The van der Waals surface area contributed by atoms with Crippen LogP contribution in [0.15, 0.2) is 54.6 Å². The zero-order valence-electron chi connectivity index (χ0n) is 80.1. The molecule has 3 saturated heterocycles. The van der Waals surface area contributed by atoms with Gasteiger partial charge in [0, 0.05) is 73.9 Å². The molecule has 33 heteroatoms. The molecule has 30 nitrogen and oxygen atoms in total. The third-order valence-electron chi connectivity index (χ3n) is 29.5. The number of rotatable bonds is 10. The van der Waals surface area contributed by atoms with Gasteiger partial charge in [-0.05, 0) is 235 Å². The van der Waals surface area contributed by atoms with Crippen molar-refractivity contribution in [1.29, 1.82) is 0 Å². The summed E-state index contributed by atoms with van der Waals surface area (Å²) >= 11 is 0. The van der Waals surface area contributed by atoms with E-state index in [4.69, 9.17) is 72.5 Å². The molecule has 7 aliphatic carbocycles. The molecule has 9 heterocycles. The minimum atomic E-state index is -0.892. The second kappa shape index (κ2) is 43.5. The minimum Gasteiger partial charge on any atom is -0.540 e. The second-order valence-corrected chi connectivity index (χ2v) is 43.0. The third kappa shape index (κ3) is 24.5. The number of hydrogen-bond donors (Lipinski definition) is 3. The van der Waals surface area contributed by atoms with Gasteiger partial charge in [-0.2, -0.15) is 0 Å². The van der Waals surface area contributed by atoms with Crippen LogP contribution in [-0.2, 0) is 118 Å². The van der Waals surface area contributed by atoms with Crippen LogP contribution in [0, 0.1) is 63.6 Å². The van der Waals surface area contributed by atoms with Gasteiger partial charge in [0.2, 0.25) is 35.4 Å². The molecular weight excluding hydrogens is 1830 g/mol. The van der Waals surface area contributed by atoms with Gasteiger partial charge in [-0.15, -0.1) is 0 Å². The van der Waals surface area contributed by atoms with Gasteiger partial charge in [-0.25, -0.2) is 63.1 Å². The molecule has 3 aromatic heterocycles. The maximum absolute atomic E-state index is 14.2. The van der Waals surface area contributed by atoms with E-state index in [9.17, 15) is 43.2 Å². The molecule has 19 rings (SSSR count). The number of nitrogens with one attached hydrogen (secondary N) is 3. The van der Waals surface area contributed by atoms with E-state index in [1.165, 1.54) is 21.1 Å². The van der Waals surface area contributed by atoms with Crippen molar-refractivity contribution in [3.05, 3.63) is 71.7 Å². The number of ether oxygens (including phenoxy) is 9. The van der Waals surface area contributed by atoms with Gasteiger partial charge in [0.1, 0.15) is 89.1 Å². The number of amides is 6. The van der Waals surface area contributed by atoms with Gasteiger partial charge in [0.25, 0.3) is 0 Å². The number of benzene rings is 3. The van der Waals surface area contributed by atoms with Crippen LogP contribution in [0.3, 0.4) is 0 Å². The van der Waals surface area contributed by atoms with Crippen LogP contribution in [0.5, 0.6) is 34.9 Å². The molecule has 20 atom stereocenters. The molecular formula is C102H133N12O18V3-3. The van der Waals surface area contributed by atoms with Crippen molar-refractivity contribution in [2.24, 2.45) is 63.6 Å². The van der Waals surface area contributed by atoms with Gasteiger partial charge in [-0.3, -0.25) is 14.4 Å². The first-order valence-electron chi connectivity index (χ1n) is 49.2. The van der Waals surface area contributed by atoms with Crippen molar-refractivity contribution >= 4 is 88.0 Å². The van der Waals surface area contributed by atoms with Crippen molar-refractivity contribution in [1.82, 2.24) is 60.6 Å². The van der Waals surface area contributed by atoms with Crippen LogP contribution in [0.4, 0.5) is 14.4 Å². The first-order chi connectivity index (χ1) is 63.3. The monoisotopic (exact) mass is 1970 g/mol. The number of alkyl carbamates (subject to hydrolysis) is 3. The molecule has 7 saturated carbocycles. The molecule has 10 fully saturated rings. The van der Waals surface area contributed by atoms with Gasteiger partial charge in [-0.1, -0.05) is 146 Å². The molecule has 6 aromatic rings. The summed E-state index contributed by atoms with van der Waals surface area (Å²) in [5, 5.41) is 8.59. The van der Waals surface area contributed by atoms with E-state index in [0.717, 1.165) is 199 Å². The predicted molar refractivity (Wildman–Crippen MR) is 490 cm³/mol. The number of nitrogens with zero attached hydrogens (tertiary/aromatic N) is 9. The summed E-state index contributed by atoms with van der Waals surface area (Å²) in [6, 6.07) is 12.3. The van der Waals surface area contributed by atoms with Crippen molar-refractivity contribution in [3.8, 4) is 34.9 Å². The number of aromatic nitrogens is 6. The average molecular weight is 1970 g/mol.